The molecule has 22 heavy (non-hydrogen) atoms. The van der Waals surface area contributed by atoms with E-state index in [2.05, 4.69) is 4.98 Å². The Balaban J connectivity index is 2.45. The highest BCUT2D eigenvalue weighted by molar-refractivity contribution is 7.92. The quantitative estimate of drug-likeness (QED) is 0.650. The Labute approximate surface area is 123 Å². The van der Waals surface area contributed by atoms with Gasteiger partial charge < -0.3 is 0 Å². The third-order valence-electron chi connectivity index (χ3n) is 2.55. The molecule has 0 aliphatic rings. The average molecular weight is 324 g/mol. The molecule has 0 radical (unpaired) electrons. The average Bonchev–Trinajstić information content (AvgIpc) is 2.47. The first-order valence-electron chi connectivity index (χ1n) is 5.68. The number of hydrogen-bond acceptors (Lipinski definition) is 7. The van der Waals surface area contributed by atoms with Gasteiger partial charge >= 0.3 is 0 Å². The van der Waals surface area contributed by atoms with Crippen molar-refractivity contribution < 1.29 is 18.3 Å². The van der Waals surface area contributed by atoms with E-state index in [1.165, 1.54) is 24.4 Å². The highest BCUT2D eigenvalue weighted by atomic mass is 32.2. The summed E-state index contributed by atoms with van der Waals surface area (Å²) in [6.07, 6.45) is 1.25. The van der Waals surface area contributed by atoms with Crippen LogP contribution in [-0.2, 0) is 10.0 Å². The normalized spacial score (nSPS) is 10.9. The Morgan fingerprint density at radius 3 is 2.32 bits per heavy atom. The zero-order valence-corrected chi connectivity index (χ0v) is 11.6. The van der Waals surface area contributed by atoms with Crippen molar-refractivity contribution in [2.45, 2.75) is 5.03 Å². The van der Waals surface area contributed by atoms with Crippen LogP contribution in [-0.4, -0.2) is 23.2 Å². The molecule has 0 unspecified atom stereocenters. The van der Waals surface area contributed by atoms with E-state index in [0.717, 1.165) is 12.1 Å². The van der Waals surface area contributed by atoms with Gasteiger partial charge in [0.05, 0.1) is 15.9 Å². The lowest BCUT2D eigenvalue weighted by Crippen LogP contribution is -2.15. The molecule has 1 aromatic carbocycles. The van der Waals surface area contributed by atoms with E-state index in [1.807, 2.05) is 4.72 Å². The summed E-state index contributed by atoms with van der Waals surface area (Å²) in [5.74, 6) is 0. The number of nitrogens with zero attached hydrogens (tertiary/aromatic N) is 3. The molecule has 0 spiro atoms. The van der Waals surface area contributed by atoms with Crippen molar-refractivity contribution in [1.82, 2.24) is 4.98 Å². The fraction of sp³-hybridized carbons (Fsp3) is 0. The van der Waals surface area contributed by atoms with Crippen LogP contribution in [0.4, 0.5) is 17.1 Å². The topological polar surface area (TPSA) is 145 Å². The van der Waals surface area contributed by atoms with E-state index >= 15 is 0 Å². The van der Waals surface area contributed by atoms with Gasteiger partial charge in [-0.05, 0) is 18.2 Å². The van der Waals surface area contributed by atoms with Gasteiger partial charge in [0.15, 0.2) is 5.03 Å². The molecule has 0 bridgehead atoms. The number of aromatic nitrogens is 1. The van der Waals surface area contributed by atoms with E-state index in [4.69, 9.17) is 0 Å². The molecule has 0 aliphatic heterocycles. The van der Waals surface area contributed by atoms with Crippen molar-refractivity contribution in [2.24, 2.45) is 0 Å². The van der Waals surface area contributed by atoms with Crippen LogP contribution in [0.3, 0.4) is 0 Å². The summed E-state index contributed by atoms with van der Waals surface area (Å²) < 4.78 is 26.1. The van der Waals surface area contributed by atoms with Crippen LogP contribution in [0.15, 0.2) is 47.6 Å². The summed E-state index contributed by atoms with van der Waals surface area (Å²) in [4.78, 5) is 23.5. The maximum atomic E-state index is 12.1. The highest BCUT2D eigenvalue weighted by Crippen LogP contribution is 2.30. The van der Waals surface area contributed by atoms with E-state index in [9.17, 15) is 28.6 Å². The number of nitro benzene ring substituents is 2. The lowest BCUT2D eigenvalue weighted by molar-refractivity contribution is -0.393. The fourth-order valence-corrected chi connectivity index (χ4v) is 2.60. The van der Waals surface area contributed by atoms with Gasteiger partial charge in [0.1, 0.15) is 5.69 Å². The third-order valence-corrected chi connectivity index (χ3v) is 3.83. The minimum atomic E-state index is -4.14. The van der Waals surface area contributed by atoms with Crippen LogP contribution in [0.25, 0.3) is 0 Å². The lowest BCUT2D eigenvalue weighted by atomic mass is 10.2. The molecule has 10 nitrogen and oxygen atoms in total. The number of rotatable bonds is 5. The highest BCUT2D eigenvalue weighted by Gasteiger charge is 2.24. The summed E-state index contributed by atoms with van der Waals surface area (Å²) >= 11 is 0. The Bertz CT molecular complexity index is 837. The number of nitro groups is 2. The van der Waals surface area contributed by atoms with Gasteiger partial charge in [0.25, 0.3) is 21.4 Å². The van der Waals surface area contributed by atoms with Gasteiger partial charge in [-0.1, -0.05) is 6.07 Å². The summed E-state index contributed by atoms with van der Waals surface area (Å²) in [5.41, 5.74) is -1.64. The van der Waals surface area contributed by atoms with Crippen LogP contribution >= 0.6 is 0 Å². The van der Waals surface area contributed by atoms with Crippen LogP contribution in [0, 0.1) is 20.2 Å². The maximum Gasteiger partial charge on any atom is 0.300 e. The summed E-state index contributed by atoms with van der Waals surface area (Å²) in [7, 11) is -4.14. The Hall–Kier alpha value is -3.08. The predicted molar refractivity (Wildman–Crippen MR) is 74.8 cm³/mol. The second-order valence-corrected chi connectivity index (χ2v) is 5.62. The molecule has 1 N–H and O–H groups in total. The van der Waals surface area contributed by atoms with E-state index in [0.29, 0.717) is 6.07 Å². The monoisotopic (exact) mass is 324 g/mol. The number of anilines is 1. The largest absolute Gasteiger partial charge is 0.300 e. The molecular weight excluding hydrogens is 316 g/mol. The van der Waals surface area contributed by atoms with E-state index in [-0.39, 0.29) is 10.7 Å². The standard InChI is InChI=1S/C11H8N4O6S/c16-14(17)8-4-5-9(10(7-8)15(18)19)13-22(20,21)11-3-1-2-6-12-11/h1-7,13H. The summed E-state index contributed by atoms with van der Waals surface area (Å²) in [6, 6.07) is 6.75. The number of sulfonamides is 1. The first-order valence-corrected chi connectivity index (χ1v) is 7.16. The van der Waals surface area contributed by atoms with Crippen LogP contribution in [0.1, 0.15) is 0 Å². The van der Waals surface area contributed by atoms with Gasteiger partial charge in [0.2, 0.25) is 0 Å². The van der Waals surface area contributed by atoms with E-state index in [1.54, 1.807) is 0 Å². The molecule has 2 aromatic rings. The molecule has 0 saturated carbocycles. The molecule has 1 aromatic heterocycles. The first kappa shape index (κ1) is 15.3. The maximum absolute atomic E-state index is 12.1. The van der Waals surface area contributed by atoms with Crippen LogP contribution in [0.5, 0.6) is 0 Å². The second-order valence-electron chi connectivity index (χ2n) is 3.99. The SMILES string of the molecule is O=[N+]([O-])c1ccc(NS(=O)(=O)c2ccccn2)c([N+](=O)[O-])c1. The molecule has 11 heteroatoms. The molecule has 0 fully saturated rings. The Morgan fingerprint density at radius 2 is 1.77 bits per heavy atom. The number of nitrogens with one attached hydrogen (secondary N) is 1. The smallest absolute Gasteiger partial charge is 0.272 e. The lowest BCUT2D eigenvalue weighted by Gasteiger charge is -2.07. The molecule has 0 aliphatic carbocycles. The number of pyridine rings is 1. The van der Waals surface area contributed by atoms with Gasteiger partial charge in [-0.2, -0.15) is 8.42 Å². The summed E-state index contributed by atoms with van der Waals surface area (Å²) in [6.45, 7) is 0. The molecule has 114 valence electrons. The Morgan fingerprint density at radius 1 is 1.05 bits per heavy atom. The summed E-state index contributed by atoms with van der Waals surface area (Å²) in [5, 5.41) is 21.2. The second kappa shape index (κ2) is 5.73. The molecule has 0 amide bonds. The predicted octanol–water partition coefficient (Wildman–Crippen LogP) is 1.70. The zero-order valence-electron chi connectivity index (χ0n) is 10.7. The minimum absolute atomic E-state index is 0.331. The van der Waals surface area contributed by atoms with Crippen molar-refractivity contribution in [3.05, 3.63) is 62.8 Å². The number of non-ortho nitro benzene ring substituents is 1. The molecular formula is C11H8N4O6S. The fourth-order valence-electron chi connectivity index (χ4n) is 1.57. The molecule has 2 rings (SSSR count). The third kappa shape index (κ3) is 3.15. The zero-order chi connectivity index (χ0) is 16.3. The van der Waals surface area contributed by atoms with Crippen molar-refractivity contribution in [3.63, 3.8) is 0 Å². The molecule has 1 heterocycles. The van der Waals surface area contributed by atoms with Gasteiger partial charge in [-0.25, -0.2) is 4.98 Å². The molecule has 0 saturated heterocycles. The van der Waals surface area contributed by atoms with E-state index < -0.39 is 31.2 Å². The van der Waals surface area contributed by atoms with Crippen molar-refractivity contribution in [1.29, 1.82) is 0 Å². The van der Waals surface area contributed by atoms with Crippen molar-refractivity contribution >= 4 is 27.1 Å². The van der Waals surface area contributed by atoms with Crippen molar-refractivity contribution in [3.8, 4) is 0 Å². The number of benzene rings is 1. The van der Waals surface area contributed by atoms with Gasteiger partial charge in [0, 0.05) is 12.3 Å². The van der Waals surface area contributed by atoms with Gasteiger partial charge in [-0.3, -0.25) is 25.0 Å². The molecule has 0 atom stereocenters. The van der Waals surface area contributed by atoms with Gasteiger partial charge in [-0.15, -0.1) is 0 Å². The van der Waals surface area contributed by atoms with Crippen LogP contribution < -0.4 is 4.72 Å². The van der Waals surface area contributed by atoms with Crippen LogP contribution in [0.2, 0.25) is 0 Å². The first-order chi connectivity index (χ1) is 10.3. The minimum Gasteiger partial charge on any atom is -0.272 e. The number of hydrogen-bond donors (Lipinski definition) is 1. The van der Waals surface area contributed by atoms with Crippen molar-refractivity contribution in [2.75, 3.05) is 4.72 Å². The Kier molecular flexibility index (Phi) is 3.99.